The molecular formula is C18H15N5O4. The first-order chi connectivity index (χ1) is 13.1. The maximum absolute atomic E-state index is 12.3. The number of carbonyl (C=O) groups is 3. The highest BCUT2D eigenvalue weighted by Gasteiger charge is 2.16. The molecule has 0 unspecified atom stereocenters. The average Bonchev–Trinajstić information content (AvgIpc) is 3.15. The van der Waals surface area contributed by atoms with Crippen molar-refractivity contribution in [1.29, 1.82) is 0 Å². The summed E-state index contributed by atoms with van der Waals surface area (Å²) in [5.74, 6) is 0.0544. The molecule has 9 heteroatoms. The molecular weight excluding hydrogens is 350 g/mol. The smallest absolute Gasteiger partial charge is 0.270 e. The number of fused-ring (bicyclic) bond motifs is 2. The Balaban J connectivity index is 1.42. The van der Waals surface area contributed by atoms with Crippen LogP contribution in [0.3, 0.4) is 0 Å². The number of benzene rings is 1. The second-order valence-electron chi connectivity index (χ2n) is 5.96. The van der Waals surface area contributed by atoms with Gasteiger partial charge in [-0.05, 0) is 30.2 Å². The predicted octanol–water partition coefficient (Wildman–Crippen LogP) is 0.845. The second kappa shape index (κ2) is 6.87. The lowest BCUT2D eigenvalue weighted by molar-refractivity contribution is -0.118. The Morgan fingerprint density at radius 3 is 3.07 bits per heavy atom. The zero-order valence-corrected chi connectivity index (χ0v) is 14.1. The quantitative estimate of drug-likeness (QED) is 0.648. The van der Waals surface area contributed by atoms with Gasteiger partial charge in [0.15, 0.2) is 18.5 Å². The van der Waals surface area contributed by atoms with Gasteiger partial charge in [-0.25, -0.2) is 9.50 Å². The standard InChI is InChI=1S/C18H15N5O4/c24-9-12-8-14(21-16-4-6-20-23(12)16)18(26)19-5-3-11-1-2-15-13(7-11)22-17(25)10-27-15/h1-2,4,6-9H,3,5,10H2,(H,19,26)(H,22,25). The minimum Gasteiger partial charge on any atom is -0.482 e. The van der Waals surface area contributed by atoms with Crippen molar-refractivity contribution >= 4 is 29.4 Å². The summed E-state index contributed by atoms with van der Waals surface area (Å²) in [6.45, 7) is 0.384. The zero-order valence-electron chi connectivity index (χ0n) is 14.1. The number of hydrogen-bond acceptors (Lipinski definition) is 6. The van der Waals surface area contributed by atoms with Crippen molar-refractivity contribution in [3.63, 3.8) is 0 Å². The molecule has 3 heterocycles. The molecule has 0 spiro atoms. The van der Waals surface area contributed by atoms with Crippen molar-refractivity contribution in [1.82, 2.24) is 19.9 Å². The molecule has 0 aliphatic carbocycles. The first-order valence-electron chi connectivity index (χ1n) is 8.28. The molecule has 27 heavy (non-hydrogen) atoms. The van der Waals surface area contributed by atoms with Crippen molar-refractivity contribution < 1.29 is 19.1 Å². The van der Waals surface area contributed by atoms with Crippen LogP contribution in [0.5, 0.6) is 5.75 Å². The molecule has 2 aromatic heterocycles. The summed E-state index contributed by atoms with van der Waals surface area (Å²) in [7, 11) is 0. The summed E-state index contributed by atoms with van der Waals surface area (Å²) in [4.78, 5) is 39.1. The Morgan fingerprint density at radius 2 is 2.22 bits per heavy atom. The lowest BCUT2D eigenvalue weighted by Crippen LogP contribution is -2.27. The molecule has 2 amide bonds. The monoisotopic (exact) mass is 365 g/mol. The number of nitrogens with one attached hydrogen (secondary N) is 2. The topological polar surface area (TPSA) is 115 Å². The van der Waals surface area contributed by atoms with Gasteiger partial charge in [0, 0.05) is 12.6 Å². The van der Waals surface area contributed by atoms with E-state index in [2.05, 4.69) is 20.7 Å². The molecule has 9 nitrogen and oxygen atoms in total. The summed E-state index contributed by atoms with van der Waals surface area (Å²) in [5.41, 5.74) is 2.39. The number of rotatable bonds is 5. The van der Waals surface area contributed by atoms with Crippen LogP contribution in [0.1, 0.15) is 26.5 Å². The number of ether oxygens (including phenoxy) is 1. The average molecular weight is 365 g/mol. The van der Waals surface area contributed by atoms with E-state index in [4.69, 9.17) is 4.74 Å². The summed E-state index contributed by atoms with van der Waals surface area (Å²) in [5, 5.41) is 9.51. The van der Waals surface area contributed by atoms with Gasteiger partial charge in [-0.2, -0.15) is 5.10 Å². The molecule has 0 saturated heterocycles. The van der Waals surface area contributed by atoms with Crippen molar-refractivity contribution in [2.75, 3.05) is 18.5 Å². The summed E-state index contributed by atoms with van der Waals surface area (Å²) in [6.07, 6.45) is 2.70. The molecule has 136 valence electrons. The van der Waals surface area contributed by atoms with Gasteiger partial charge in [-0.3, -0.25) is 14.4 Å². The van der Waals surface area contributed by atoms with E-state index in [-0.39, 0.29) is 29.8 Å². The van der Waals surface area contributed by atoms with Gasteiger partial charge in [-0.1, -0.05) is 6.07 Å². The highest BCUT2D eigenvalue weighted by Crippen LogP contribution is 2.28. The molecule has 1 aromatic carbocycles. The third-order valence-corrected chi connectivity index (χ3v) is 4.12. The number of carbonyl (C=O) groups excluding carboxylic acids is 3. The van der Waals surface area contributed by atoms with Gasteiger partial charge in [0.25, 0.3) is 11.8 Å². The molecule has 3 aromatic rings. The summed E-state index contributed by atoms with van der Waals surface area (Å²) >= 11 is 0. The molecule has 1 aliphatic rings. The lowest BCUT2D eigenvalue weighted by atomic mass is 10.1. The number of amides is 2. The van der Waals surface area contributed by atoms with E-state index in [0.717, 1.165) is 5.56 Å². The van der Waals surface area contributed by atoms with Gasteiger partial charge in [0.1, 0.15) is 17.1 Å². The lowest BCUT2D eigenvalue weighted by Gasteiger charge is -2.18. The first kappa shape index (κ1) is 16.7. The zero-order chi connectivity index (χ0) is 18.8. The Hall–Kier alpha value is -3.75. The SMILES string of the molecule is O=Cc1cc(C(=O)NCCc2ccc3c(c2)NC(=O)CO3)nc2ccnn12. The number of nitrogens with zero attached hydrogens (tertiary/aromatic N) is 3. The normalized spacial score (nSPS) is 12.8. The first-order valence-corrected chi connectivity index (χ1v) is 8.28. The van der Waals surface area contributed by atoms with Crippen LogP contribution < -0.4 is 15.4 Å². The molecule has 4 rings (SSSR count). The van der Waals surface area contributed by atoms with Crippen molar-refractivity contribution in [2.45, 2.75) is 6.42 Å². The van der Waals surface area contributed by atoms with Gasteiger partial charge in [-0.15, -0.1) is 0 Å². The van der Waals surface area contributed by atoms with Gasteiger partial charge < -0.3 is 15.4 Å². The van der Waals surface area contributed by atoms with Gasteiger partial charge >= 0.3 is 0 Å². The van der Waals surface area contributed by atoms with E-state index in [9.17, 15) is 14.4 Å². The third kappa shape index (κ3) is 3.34. The van der Waals surface area contributed by atoms with Crippen molar-refractivity contribution in [3.8, 4) is 5.75 Å². The Bertz CT molecular complexity index is 1060. The molecule has 0 saturated carbocycles. The third-order valence-electron chi connectivity index (χ3n) is 4.12. The van der Waals surface area contributed by atoms with Crippen LogP contribution in [-0.4, -0.2) is 45.9 Å². The number of aldehydes is 1. The minimum atomic E-state index is -0.378. The molecule has 0 fully saturated rings. The second-order valence-corrected chi connectivity index (χ2v) is 5.96. The Labute approximate surface area is 153 Å². The van der Waals surface area contributed by atoms with Crippen LogP contribution in [0.25, 0.3) is 5.65 Å². The van der Waals surface area contributed by atoms with Crippen molar-refractivity contribution in [3.05, 3.63) is 53.5 Å². The molecule has 2 N–H and O–H groups in total. The molecule has 0 atom stereocenters. The molecule has 0 radical (unpaired) electrons. The van der Waals surface area contributed by atoms with E-state index in [1.807, 2.05) is 12.1 Å². The van der Waals surface area contributed by atoms with E-state index < -0.39 is 0 Å². The summed E-state index contributed by atoms with van der Waals surface area (Å²) < 4.78 is 6.68. The Kier molecular flexibility index (Phi) is 4.25. The highest BCUT2D eigenvalue weighted by molar-refractivity contribution is 5.95. The van der Waals surface area contributed by atoms with E-state index >= 15 is 0 Å². The van der Waals surface area contributed by atoms with Crippen molar-refractivity contribution in [2.24, 2.45) is 0 Å². The van der Waals surface area contributed by atoms with Crippen LogP contribution in [0.15, 0.2) is 36.5 Å². The molecule has 0 bridgehead atoms. The largest absolute Gasteiger partial charge is 0.482 e. The van der Waals surface area contributed by atoms with Gasteiger partial charge in [0.05, 0.1) is 11.9 Å². The fourth-order valence-corrected chi connectivity index (χ4v) is 2.83. The number of anilines is 1. The van der Waals surface area contributed by atoms with Crippen LogP contribution in [-0.2, 0) is 11.2 Å². The number of hydrogen-bond donors (Lipinski definition) is 2. The highest BCUT2D eigenvalue weighted by atomic mass is 16.5. The van der Waals surface area contributed by atoms with Crippen LogP contribution >= 0.6 is 0 Å². The fraction of sp³-hybridized carbons (Fsp3) is 0.167. The van der Waals surface area contributed by atoms with Gasteiger partial charge in [0.2, 0.25) is 0 Å². The Morgan fingerprint density at radius 1 is 1.33 bits per heavy atom. The van der Waals surface area contributed by atoms with Crippen LogP contribution in [0.2, 0.25) is 0 Å². The van der Waals surface area contributed by atoms with Crippen LogP contribution in [0, 0.1) is 0 Å². The van der Waals surface area contributed by atoms with E-state index in [0.29, 0.717) is 36.3 Å². The summed E-state index contributed by atoms with van der Waals surface area (Å²) in [6, 6.07) is 8.50. The maximum Gasteiger partial charge on any atom is 0.270 e. The minimum absolute atomic E-state index is 0.0136. The fourth-order valence-electron chi connectivity index (χ4n) is 2.83. The van der Waals surface area contributed by atoms with E-state index in [1.165, 1.54) is 16.8 Å². The van der Waals surface area contributed by atoms with Crippen LogP contribution in [0.4, 0.5) is 5.69 Å². The number of aromatic nitrogens is 3. The maximum atomic E-state index is 12.3. The van der Waals surface area contributed by atoms with E-state index in [1.54, 1.807) is 12.1 Å². The predicted molar refractivity (Wildman–Crippen MR) is 95.0 cm³/mol. The molecule has 1 aliphatic heterocycles.